The fourth-order valence-electron chi connectivity index (χ4n) is 2.71. The van der Waals surface area contributed by atoms with Crippen LogP contribution in [0, 0.1) is 0 Å². The van der Waals surface area contributed by atoms with Crippen LogP contribution in [0.25, 0.3) is 0 Å². The fourth-order valence-corrected chi connectivity index (χ4v) is 2.71. The molecule has 0 aromatic heterocycles. The third-order valence-corrected chi connectivity index (χ3v) is 4.16. The van der Waals surface area contributed by atoms with Gasteiger partial charge in [0.05, 0.1) is 12.7 Å². The van der Waals surface area contributed by atoms with Crippen LogP contribution in [0.3, 0.4) is 0 Å². The number of rotatable bonds is 11. The number of hydrogen-bond donors (Lipinski definition) is 3. The van der Waals surface area contributed by atoms with Crippen LogP contribution in [0.1, 0.15) is 25.3 Å². The Morgan fingerprint density at radius 3 is 2.81 bits per heavy atom. The van der Waals surface area contributed by atoms with Crippen molar-refractivity contribution in [3.8, 4) is 0 Å². The van der Waals surface area contributed by atoms with E-state index in [1.54, 1.807) is 0 Å². The van der Waals surface area contributed by atoms with Crippen LogP contribution in [0.4, 0.5) is 0 Å². The molecule has 1 heterocycles. The molecule has 1 aromatic carbocycles. The molecule has 0 radical (unpaired) electrons. The van der Waals surface area contributed by atoms with Crippen molar-refractivity contribution in [2.45, 2.75) is 32.3 Å². The second-order valence-corrected chi connectivity index (χ2v) is 6.42. The predicted octanol–water partition coefficient (Wildman–Crippen LogP) is 1.10. The maximum atomic E-state index is 12.0. The largest absolute Gasteiger partial charge is 0.379 e. The molecule has 0 spiro atoms. The summed E-state index contributed by atoms with van der Waals surface area (Å²) >= 11 is 0. The minimum absolute atomic E-state index is 0.0762. The summed E-state index contributed by atoms with van der Waals surface area (Å²) in [5.74, 6) is 0.576. The second kappa shape index (κ2) is 13.1. The van der Waals surface area contributed by atoms with E-state index in [1.165, 1.54) is 5.56 Å². The van der Waals surface area contributed by atoms with Gasteiger partial charge >= 0.3 is 0 Å². The molecule has 7 heteroatoms. The van der Waals surface area contributed by atoms with Crippen molar-refractivity contribution in [3.05, 3.63) is 35.9 Å². The van der Waals surface area contributed by atoms with Gasteiger partial charge in [-0.15, -0.1) is 0 Å². The minimum Gasteiger partial charge on any atom is -0.379 e. The molecule has 7 nitrogen and oxygen atoms in total. The molecule has 1 unspecified atom stereocenters. The lowest BCUT2D eigenvalue weighted by Gasteiger charge is -2.13. The smallest absolute Gasteiger partial charge is 0.241 e. The van der Waals surface area contributed by atoms with Gasteiger partial charge in [0.2, 0.25) is 5.91 Å². The second-order valence-electron chi connectivity index (χ2n) is 6.42. The van der Waals surface area contributed by atoms with Crippen molar-refractivity contribution in [2.24, 2.45) is 4.99 Å². The number of nitrogens with zero attached hydrogens (tertiary/aromatic N) is 1. The molecule has 0 aliphatic carbocycles. The van der Waals surface area contributed by atoms with Crippen molar-refractivity contribution in [2.75, 3.05) is 46.0 Å². The molecule has 2 rings (SSSR count). The van der Waals surface area contributed by atoms with Gasteiger partial charge in [-0.1, -0.05) is 30.3 Å². The first kappa shape index (κ1) is 21.2. The minimum atomic E-state index is -0.0762. The highest BCUT2D eigenvalue weighted by Gasteiger charge is 2.15. The van der Waals surface area contributed by atoms with Gasteiger partial charge in [-0.3, -0.25) is 4.79 Å². The lowest BCUT2D eigenvalue weighted by Crippen LogP contribution is -2.39. The van der Waals surface area contributed by atoms with Gasteiger partial charge in [-0.2, -0.15) is 0 Å². The highest BCUT2D eigenvalue weighted by molar-refractivity contribution is 5.84. The van der Waals surface area contributed by atoms with Crippen LogP contribution in [0.15, 0.2) is 35.3 Å². The highest BCUT2D eigenvalue weighted by Crippen LogP contribution is 2.07. The average Bonchev–Trinajstić information content (AvgIpc) is 3.20. The number of amides is 1. The summed E-state index contributed by atoms with van der Waals surface area (Å²) in [6.45, 7) is 6.42. The molecule has 1 saturated heterocycles. The fraction of sp³-hybridized carbons (Fsp3) is 0.600. The van der Waals surface area contributed by atoms with Crippen LogP contribution >= 0.6 is 0 Å². The third kappa shape index (κ3) is 9.40. The van der Waals surface area contributed by atoms with Gasteiger partial charge in [-0.05, 0) is 31.7 Å². The Morgan fingerprint density at radius 2 is 2.07 bits per heavy atom. The molecule has 1 atom stereocenters. The van der Waals surface area contributed by atoms with E-state index in [2.05, 4.69) is 33.1 Å². The summed E-state index contributed by atoms with van der Waals surface area (Å²) in [6, 6.07) is 10.1. The Balaban J connectivity index is 1.58. The van der Waals surface area contributed by atoms with Crippen LogP contribution in [-0.4, -0.2) is 64.0 Å². The lowest BCUT2D eigenvalue weighted by atomic mass is 10.1. The van der Waals surface area contributed by atoms with Crippen molar-refractivity contribution >= 4 is 11.9 Å². The van der Waals surface area contributed by atoms with Gasteiger partial charge in [-0.25, -0.2) is 4.99 Å². The van der Waals surface area contributed by atoms with E-state index < -0.39 is 0 Å². The summed E-state index contributed by atoms with van der Waals surface area (Å²) in [7, 11) is 0. The number of aliphatic imine (C=N–C) groups is 1. The quantitative estimate of drug-likeness (QED) is 0.306. The van der Waals surface area contributed by atoms with E-state index in [9.17, 15) is 4.79 Å². The first-order chi connectivity index (χ1) is 13.3. The number of ether oxygens (including phenoxy) is 2. The Kier molecular flexibility index (Phi) is 10.3. The van der Waals surface area contributed by atoms with Crippen LogP contribution in [0.5, 0.6) is 0 Å². The van der Waals surface area contributed by atoms with Gasteiger partial charge in [0, 0.05) is 32.8 Å². The molecule has 27 heavy (non-hydrogen) atoms. The first-order valence-electron chi connectivity index (χ1n) is 9.80. The molecule has 1 aliphatic heterocycles. The molecule has 150 valence electrons. The van der Waals surface area contributed by atoms with Crippen LogP contribution < -0.4 is 16.0 Å². The van der Waals surface area contributed by atoms with Crippen molar-refractivity contribution in [3.63, 3.8) is 0 Å². The summed E-state index contributed by atoms with van der Waals surface area (Å²) < 4.78 is 11.0. The summed E-state index contributed by atoms with van der Waals surface area (Å²) in [5.41, 5.74) is 1.21. The van der Waals surface area contributed by atoms with E-state index in [1.807, 2.05) is 25.1 Å². The zero-order chi connectivity index (χ0) is 19.2. The Hall–Kier alpha value is -2.12. The molecule has 1 fully saturated rings. The maximum absolute atomic E-state index is 12.0. The molecule has 0 saturated carbocycles. The molecule has 1 aliphatic rings. The van der Waals surface area contributed by atoms with E-state index >= 15 is 0 Å². The predicted molar refractivity (Wildman–Crippen MR) is 107 cm³/mol. The zero-order valence-electron chi connectivity index (χ0n) is 16.2. The van der Waals surface area contributed by atoms with Crippen LogP contribution in [-0.2, 0) is 20.7 Å². The number of guanidine groups is 1. The number of nitrogens with one attached hydrogen (secondary N) is 3. The van der Waals surface area contributed by atoms with Crippen molar-refractivity contribution in [1.29, 1.82) is 0 Å². The normalized spacial score (nSPS) is 16.9. The average molecular weight is 377 g/mol. The Bertz CT molecular complexity index is 560. The van der Waals surface area contributed by atoms with Crippen molar-refractivity contribution in [1.82, 2.24) is 16.0 Å². The SMILES string of the molecule is CCNC(=NCC(=O)NCCc1ccccc1)NCCCOC1CCOC1. The summed E-state index contributed by atoms with van der Waals surface area (Å²) in [6.07, 6.45) is 2.92. The van der Waals surface area contributed by atoms with Crippen LogP contribution in [0.2, 0.25) is 0 Å². The Labute approximate surface area is 161 Å². The molecule has 3 N–H and O–H groups in total. The van der Waals surface area contributed by atoms with Crippen molar-refractivity contribution < 1.29 is 14.3 Å². The molecule has 0 bridgehead atoms. The van der Waals surface area contributed by atoms with Gasteiger partial charge in [0.15, 0.2) is 5.96 Å². The molecular weight excluding hydrogens is 344 g/mol. The van der Waals surface area contributed by atoms with Gasteiger partial charge in [0.25, 0.3) is 0 Å². The molecular formula is C20H32N4O3. The monoisotopic (exact) mass is 376 g/mol. The number of hydrogen-bond acceptors (Lipinski definition) is 4. The van der Waals surface area contributed by atoms with E-state index in [0.717, 1.165) is 39.0 Å². The summed E-state index contributed by atoms with van der Waals surface area (Å²) in [5, 5.41) is 9.28. The third-order valence-electron chi connectivity index (χ3n) is 4.16. The lowest BCUT2D eigenvalue weighted by molar-refractivity contribution is -0.119. The summed E-state index contributed by atoms with van der Waals surface area (Å²) in [4.78, 5) is 16.3. The Morgan fingerprint density at radius 1 is 1.22 bits per heavy atom. The van der Waals surface area contributed by atoms with E-state index in [-0.39, 0.29) is 18.6 Å². The topological polar surface area (TPSA) is 84.0 Å². The van der Waals surface area contributed by atoms with E-state index in [4.69, 9.17) is 9.47 Å². The maximum Gasteiger partial charge on any atom is 0.241 e. The highest BCUT2D eigenvalue weighted by atomic mass is 16.5. The van der Waals surface area contributed by atoms with Gasteiger partial charge < -0.3 is 25.4 Å². The zero-order valence-corrected chi connectivity index (χ0v) is 16.2. The number of benzene rings is 1. The van der Waals surface area contributed by atoms with E-state index in [0.29, 0.717) is 25.7 Å². The van der Waals surface area contributed by atoms with Gasteiger partial charge in [0.1, 0.15) is 6.54 Å². The molecule has 1 amide bonds. The number of carbonyl (C=O) groups is 1. The molecule has 1 aromatic rings. The number of carbonyl (C=O) groups excluding carboxylic acids is 1. The standard InChI is InChI=1S/C20H32N4O3/c1-2-21-20(23-11-6-13-27-18-10-14-26-16-18)24-15-19(25)22-12-9-17-7-4-3-5-8-17/h3-5,7-8,18H,2,6,9-16H2,1H3,(H,22,25)(H2,21,23,24). The first-order valence-corrected chi connectivity index (χ1v) is 9.80.